The fourth-order valence-electron chi connectivity index (χ4n) is 3.20. The predicted molar refractivity (Wildman–Crippen MR) is 105 cm³/mol. The van der Waals surface area contributed by atoms with Crippen LogP contribution < -0.4 is 5.32 Å². The first-order chi connectivity index (χ1) is 12.3. The third kappa shape index (κ3) is 4.02. The number of halogens is 2. The number of carbonyl (C=O) groups is 2. The molecule has 1 heterocycles. The van der Waals surface area contributed by atoms with Crippen molar-refractivity contribution in [1.82, 2.24) is 4.90 Å². The van der Waals surface area contributed by atoms with Gasteiger partial charge in [0.1, 0.15) is 6.04 Å². The van der Waals surface area contributed by atoms with Gasteiger partial charge in [0, 0.05) is 27.8 Å². The van der Waals surface area contributed by atoms with Crippen molar-refractivity contribution >= 4 is 40.7 Å². The molecule has 2 aromatic carbocycles. The molecule has 0 radical (unpaired) electrons. The van der Waals surface area contributed by atoms with Crippen LogP contribution in [0, 0.1) is 5.92 Å². The van der Waals surface area contributed by atoms with Gasteiger partial charge in [-0.25, -0.2) is 0 Å². The van der Waals surface area contributed by atoms with Gasteiger partial charge in [0.25, 0.3) is 5.91 Å². The van der Waals surface area contributed by atoms with Gasteiger partial charge in [0.2, 0.25) is 5.91 Å². The summed E-state index contributed by atoms with van der Waals surface area (Å²) in [5, 5.41) is 3.74. The van der Waals surface area contributed by atoms with Crippen LogP contribution in [0.3, 0.4) is 0 Å². The molecule has 26 heavy (non-hydrogen) atoms. The minimum absolute atomic E-state index is 0.106. The van der Waals surface area contributed by atoms with Gasteiger partial charge in [-0.1, -0.05) is 55.2 Å². The lowest BCUT2D eigenvalue weighted by atomic mass is 10.0. The maximum atomic E-state index is 13.0. The molecule has 1 N–H and O–H groups in total. The molecule has 1 aliphatic heterocycles. The molecule has 0 aliphatic carbocycles. The van der Waals surface area contributed by atoms with Crippen LogP contribution in [0.4, 0.5) is 5.69 Å². The van der Waals surface area contributed by atoms with Crippen LogP contribution in [0.25, 0.3) is 0 Å². The van der Waals surface area contributed by atoms with Crippen LogP contribution in [0.1, 0.15) is 36.2 Å². The largest absolute Gasteiger partial charge is 0.324 e. The maximum absolute atomic E-state index is 13.0. The molecule has 0 saturated heterocycles. The number of nitrogens with one attached hydrogen (secondary N) is 1. The number of rotatable bonds is 5. The minimum atomic E-state index is -0.562. The zero-order valence-electron chi connectivity index (χ0n) is 14.6. The summed E-state index contributed by atoms with van der Waals surface area (Å²) in [5.74, 6) is -0.0890. The van der Waals surface area contributed by atoms with Crippen molar-refractivity contribution < 1.29 is 9.59 Å². The Kier molecular flexibility index (Phi) is 5.54. The number of fused-ring (bicyclic) bond motifs is 1. The van der Waals surface area contributed by atoms with E-state index in [0.717, 1.165) is 5.56 Å². The molecule has 1 aliphatic rings. The molecule has 136 valence electrons. The van der Waals surface area contributed by atoms with Gasteiger partial charge in [-0.05, 0) is 42.2 Å². The number of benzene rings is 2. The minimum Gasteiger partial charge on any atom is -0.324 e. The van der Waals surface area contributed by atoms with Crippen LogP contribution >= 0.6 is 23.2 Å². The van der Waals surface area contributed by atoms with E-state index in [9.17, 15) is 9.59 Å². The summed E-state index contributed by atoms with van der Waals surface area (Å²) >= 11 is 12.0. The van der Waals surface area contributed by atoms with Crippen LogP contribution in [0.15, 0.2) is 42.5 Å². The van der Waals surface area contributed by atoms with Gasteiger partial charge < -0.3 is 10.2 Å². The second kappa shape index (κ2) is 7.68. The van der Waals surface area contributed by atoms with Gasteiger partial charge in [0.05, 0.1) is 0 Å². The van der Waals surface area contributed by atoms with Gasteiger partial charge in [-0.15, -0.1) is 0 Å². The molecule has 0 aromatic heterocycles. The summed E-state index contributed by atoms with van der Waals surface area (Å²) in [5.41, 5.74) is 2.13. The molecule has 3 rings (SSSR count). The maximum Gasteiger partial charge on any atom is 0.255 e. The molecular weight excluding hydrogens is 371 g/mol. The Hall–Kier alpha value is -2.04. The lowest BCUT2D eigenvalue weighted by Crippen LogP contribution is -2.45. The Labute approximate surface area is 163 Å². The summed E-state index contributed by atoms with van der Waals surface area (Å²) < 4.78 is 0. The van der Waals surface area contributed by atoms with Crippen LogP contribution in [0.5, 0.6) is 0 Å². The highest BCUT2D eigenvalue weighted by Crippen LogP contribution is 2.28. The average Bonchev–Trinajstić information content (AvgIpc) is 2.88. The fraction of sp³-hybridized carbons (Fsp3) is 0.300. The molecule has 0 fully saturated rings. The van der Waals surface area contributed by atoms with Crippen molar-refractivity contribution in [2.75, 3.05) is 5.32 Å². The lowest BCUT2D eigenvalue weighted by Gasteiger charge is -2.28. The summed E-state index contributed by atoms with van der Waals surface area (Å²) in [6.07, 6.45) is 0.569. The lowest BCUT2D eigenvalue weighted by molar-refractivity contribution is -0.121. The quantitative estimate of drug-likeness (QED) is 0.780. The first-order valence-corrected chi connectivity index (χ1v) is 9.26. The number of nitrogens with zero attached hydrogens (tertiary/aromatic N) is 1. The number of hydrogen-bond donors (Lipinski definition) is 1. The van der Waals surface area contributed by atoms with Crippen molar-refractivity contribution in [3.63, 3.8) is 0 Å². The summed E-state index contributed by atoms with van der Waals surface area (Å²) in [7, 11) is 0. The Balaban J connectivity index is 1.84. The first kappa shape index (κ1) is 18.7. The Morgan fingerprint density at radius 3 is 2.42 bits per heavy atom. The average molecular weight is 391 g/mol. The van der Waals surface area contributed by atoms with E-state index in [2.05, 4.69) is 5.32 Å². The van der Waals surface area contributed by atoms with Crippen LogP contribution in [-0.4, -0.2) is 22.8 Å². The normalized spacial score (nSPS) is 14.5. The topological polar surface area (TPSA) is 49.4 Å². The molecule has 2 amide bonds. The molecule has 6 heteroatoms. The smallest absolute Gasteiger partial charge is 0.255 e. The summed E-state index contributed by atoms with van der Waals surface area (Å²) in [6.45, 7) is 4.50. The SMILES string of the molecule is CC(C)C[C@@H](C(=O)Nc1cc(Cl)cc(Cl)c1)N1Cc2ccccc2C1=O. The van der Waals surface area contributed by atoms with Crippen molar-refractivity contribution in [2.24, 2.45) is 5.92 Å². The highest BCUT2D eigenvalue weighted by Gasteiger charge is 2.36. The van der Waals surface area contributed by atoms with Gasteiger partial charge >= 0.3 is 0 Å². The zero-order chi connectivity index (χ0) is 18.8. The van der Waals surface area contributed by atoms with Crippen LogP contribution in [-0.2, 0) is 11.3 Å². The fourth-order valence-corrected chi connectivity index (χ4v) is 3.73. The third-order valence-electron chi connectivity index (χ3n) is 4.35. The van der Waals surface area contributed by atoms with E-state index in [1.54, 1.807) is 29.2 Å². The van der Waals surface area contributed by atoms with Crippen molar-refractivity contribution in [3.8, 4) is 0 Å². The molecule has 0 unspecified atom stereocenters. The van der Waals surface area contributed by atoms with Gasteiger partial charge in [0.15, 0.2) is 0 Å². The van der Waals surface area contributed by atoms with E-state index in [0.29, 0.717) is 34.3 Å². The summed E-state index contributed by atoms with van der Waals surface area (Å²) in [6, 6.07) is 11.8. The molecule has 0 spiro atoms. The Bertz CT molecular complexity index is 831. The third-order valence-corrected chi connectivity index (χ3v) is 4.79. The molecule has 4 nitrogen and oxygen atoms in total. The highest BCUT2D eigenvalue weighted by atomic mass is 35.5. The van der Waals surface area contributed by atoms with Crippen molar-refractivity contribution in [2.45, 2.75) is 32.9 Å². The second-order valence-corrected chi connectivity index (χ2v) is 7.76. The number of amides is 2. The number of anilines is 1. The molecule has 0 bridgehead atoms. The molecule has 1 atom stereocenters. The first-order valence-electron chi connectivity index (χ1n) is 8.51. The zero-order valence-corrected chi connectivity index (χ0v) is 16.1. The summed E-state index contributed by atoms with van der Waals surface area (Å²) in [4.78, 5) is 27.4. The van der Waals surface area contributed by atoms with Crippen molar-refractivity contribution in [3.05, 3.63) is 63.6 Å². The highest BCUT2D eigenvalue weighted by molar-refractivity contribution is 6.35. The van der Waals surface area contributed by atoms with Crippen LogP contribution in [0.2, 0.25) is 10.0 Å². The van der Waals surface area contributed by atoms with E-state index < -0.39 is 6.04 Å². The molecule has 2 aromatic rings. The monoisotopic (exact) mass is 390 g/mol. The van der Waals surface area contributed by atoms with Gasteiger partial charge in [-0.3, -0.25) is 9.59 Å². The number of hydrogen-bond acceptors (Lipinski definition) is 2. The predicted octanol–water partition coefficient (Wildman–Crippen LogP) is 5.00. The Morgan fingerprint density at radius 1 is 1.15 bits per heavy atom. The van der Waals surface area contributed by atoms with E-state index in [4.69, 9.17) is 23.2 Å². The van der Waals surface area contributed by atoms with Gasteiger partial charge in [-0.2, -0.15) is 0 Å². The van der Waals surface area contributed by atoms with E-state index in [-0.39, 0.29) is 17.7 Å². The van der Waals surface area contributed by atoms with E-state index >= 15 is 0 Å². The molecule has 0 saturated carbocycles. The van der Waals surface area contributed by atoms with E-state index in [1.807, 2.05) is 32.0 Å². The number of carbonyl (C=O) groups excluding carboxylic acids is 2. The van der Waals surface area contributed by atoms with E-state index in [1.165, 1.54) is 0 Å². The molecular formula is C20H20Cl2N2O2. The Morgan fingerprint density at radius 2 is 1.81 bits per heavy atom. The standard InChI is InChI=1S/C20H20Cl2N2O2/c1-12(2)7-18(19(25)23-16-9-14(21)8-15(22)10-16)24-11-13-5-3-4-6-17(13)20(24)26/h3-6,8-10,12,18H,7,11H2,1-2H3,(H,23,25)/t18-/m0/s1. The second-order valence-electron chi connectivity index (χ2n) is 6.88. The van der Waals surface area contributed by atoms with Crippen molar-refractivity contribution in [1.29, 1.82) is 0 Å².